The smallest absolute Gasteiger partial charge is 0.407 e. The summed E-state index contributed by atoms with van der Waals surface area (Å²) in [4.78, 5) is 35.2. The third kappa shape index (κ3) is 9.03. The van der Waals surface area contributed by atoms with Crippen molar-refractivity contribution < 1.29 is 29.3 Å². The van der Waals surface area contributed by atoms with Crippen LogP contribution < -0.4 is 16.0 Å². The van der Waals surface area contributed by atoms with Gasteiger partial charge >= 0.3 is 6.09 Å². The summed E-state index contributed by atoms with van der Waals surface area (Å²) in [6.45, 7) is 6.51. The van der Waals surface area contributed by atoms with Crippen molar-refractivity contribution in [2.75, 3.05) is 6.54 Å². The quantitative estimate of drug-likeness (QED) is 0.282. The van der Waals surface area contributed by atoms with Crippen molar-refractivity contribution in [3.8, 4) is 0 Å². The van der Waals surface area contributed by atoms with Gasteiger partial charge in [0.05, 0.1) is 12.6 Å². The predicted molar refractivity (Wildman–Crippen MR) is 107 cm³/mol. The van der Waals surface area contributed by atoms with Crippen LogP contribution >= 0.6 is 0 Å². The molecule has 9 heteroatoms. The Bertz CT molecular complexity index is 662. The lowest BCUT2D eigenvalue weighted by Gasteiger charge is -2.28. The number of aliphatic hydroxyl groups is 2. The summed E-state index contributed by atoms with van der Waals surface area (Å²) in [5.74, 6) is -0.537. The van der Waals surface area contributed by atoms with Gasteiger partial charge in [0.25, 0.3) is 0 Å². The lowest BCUT2D eigenvalue weighted by molar-refractivity contribution is -0.124. The van der Waals surface area contributed by atoms with Crippen LogP contribution in [0.3, 0.4) is 0 Å². The van der Waals surface area contributed by atoms with Crippen molar-refractivity contribution in [3.63, 3.8) is 0 Å². The fourth-order valence-electron chi connectivity index (χ4n) is 2.51. The Hall–Kier alpha value is -2.49. The molecule has 2 amide bonds. The molecule has 0 heterocycles. The second-order valence-electron chi connectivity index (χ2n) is 7.57. The third-order valence-corrected chi connectivity index (χ3v) is 3.96. The molecule has 1 aromatic rings. The van der Waals surface area contributed by atoms with E-state index in [0.29, 0.717) is 18.3 Å². The van der Waals surface area contributed by atoms with E-state index in [1.54, 1.807) is 58.0 Å². The zero-order valence-electron chi connectivity index (χ0n) is 17.2. The largest absolute Gasteiger partial charge is 0.444 e. The molecule has 1 rings (SSSR count). The molecule has 0 bridgehead atoms. The molecule has 0 aliphatic rings. The van der Waals surface area contributed by atoms with E-state index in [4.69, 9.17) is 4.74 Å². The van der Waals surface area contributed by atoms with Crippen LogP contribution in [-0.2, 0) is 14.3 Å². The van der Waals surface area contributed by atoms with Crippen LogP contribution in [0.5, 0.6) is 0 Å². The van der Waals surface area contributed by atoms with Crippen molar-refractivity contribution in [2.45, 2.75) is 64.1 Å². The summed E-state index contributed by atoms with van der Waals surface area (Å²) in [6.07, 6.45) is -2.64. The minimum atomic E-state index is -1.48. The number of aldehydes is 1. The second-order valence-corrected chi connectivity index (χ2v) is 7.57. The molecule has 0 saturated heterocycles. The molecule has 5 N–H and O–H groups in total. The van der Waals surface area contributed by atoms with Crippen molar-refractivity contribution in [1.82, 2.24) is 16.0 Å². The fourth-order valence-corrected chi connectivity index (χ4v) is 2.51. The Morgan fingerprint density at radius 1 is 1.14 bits per heavy atom. The maximum absolute atomic E-state index is 12.1. The number of rotatable bonds is 10. The van der Waals surface area contributed by atoms with Crippen LogP contribution in [0.2, 0.25) is 0 Å². The molecule has 162 valence electrons. The van der Waals surface area contributed by atoms with Crippen LogP contribution in [-0.4, -0.2) is 59.0 Å². The van der Waals surface area contributed by atoms with E-state index in [0.717, 1.165) is 0 Å². The molecule has 2 unspecified atom stereocenters. The normalized spacial score (nSPS) is 15.5. The maximum Gasteiger partial charge on any atom is 0.407 e. The van der Waals surface area contributed by atoms with Gasteiger partial charge in [-0.25, -0.2) is 4.79 Å². The third-order valence-electron chi connectivity index (χ3n) is 3.96. The maximum atomic E-state index is 12.1. The van der Waals surface area contributed by atoms with E-state index in [1.807, 2.05) is 0 Å². The number of carbonyl (C=O) groups excluding carboxylic acids is 3. The van der Waals surface area contributed by atoms with E-state index in [9.17, 15) is 24.6 Å². The van der Waals surface area contributed by atoms with Gasteiger partial charge < -0.3 is 30.4 Å². The Morgan fingerprint density at radius 2 is 1.76 bits per heavy atom. The Balaban J connectivity index is 2.54. The first-order chi connectivity index (χ1) is 13.6. The van der Waals surface area contributed by atoms with E-state index in [2.05, 4.69) is 16.0 Å². The van der Waals surface area contributed by atoms with Crippen molar-refractivity contribution in [1.29, 1.82) is 0 Å². The molecule has 0 spiro atoms. The molecule has 4 atom stereocenters. The van der Waals surface area contributed by atoms with Gasteiger partial charge in [-0.2, -0.15) is 0 Å². The monoisotopic (exact) mass is 409 g/mol. The molecule has 9 nitrogen and oxygen atoms in total. The number of hydrogen-bond donors (Lipinski definition) is 5. The molecule has 0 aromatic heterocycles. The predicted octanol–water partition coefficient (Wildman–Crippen LogP) is 0.615. The first kappa shape index (κ1) is 24.5. The van der Waals surface area contributed by atoms with Crippen LogP contribution in [0.25, 0.3) is 0 Å². The zero-order valence-corrected chi connectivity index (χ0v) is 17.2. The summed E-state index contributed by atoms with van der Waals surface area (Å²) >= 11 is 0. The number of hydrogen-bond acceptors (Lipinski definition) is 7. The lowest BCUT2D eigenvalue weighted by Crippen LogP contribution is -2.54. The molecule has 29 heavy (non-hydrogen) atoms. The summed E-state index contributed by atoms with van der Waals surface area (Å²) in [6, 6.07) is 7.10. The number of aliphatic hydroxyl groups excluding tert-OH is 2. The highest BCUT2D eigenvalue weighted by atomic mass is 16.6. The molecule has 0 fully saturated rings. The Labute approximate surface area is 170 Å². The first-order valence-electron chi connectivity index (χ1n) is 9.46. The van der Waals surface area contributed by atoms with Crippen LogP contribution in [0.1, 0.15) is 45.7 Å². The fraction of sp³-hybridized carbons (Fsp3) is 0.550. The second kappa shape index (κ2) is 11.5. The van der Waals surface area contributed by atoms with Gasteiger partial charge in [0.2, 0.25) is 5.91 Å². The average Bonchev–Trinajstić information content (AvgIpc) is 2.67. The minimum Gasteiger partial charge on any atom is -0.444 e. The van der Waals surface area contributed by atoms with Gasteiger partial charge in [-0.3, -0.25) is 10.1 Å². The van der Waals surface area contributed by atoms with Gasteiger partial charge in [-0.05, 0) is 32.8 Å². The Morgan fingerprint density at radius 3 is 2.28 bits per heavy atom. The molecule has 1 aromatic carbocycles. The van der Waals surface area contributed by atoms with E-state index < -0.39 is 42.0 Å². The standard InChI is InChI=1S/C20H31N3O6/c1-5-14(23-19(28)29-20(2,3)4)17(26)18(27)21-11-16(25)22-15(12-24)13-9-7-6-8-10-13/h6-10,12,14-15,17-18,21,26-27H,5,11H2,1-4H3,(H,22,25)(H,23,28)/t14?,15-,17?,18+/m1/s1. The van der Waals surface area contributed by atoms with Crippen LogP contribution in [0, 0.1) is 0 Å². The number of amides is 2. The number of carbonyl (C=O) groups is 3. The van der Waals surface area contributed by atoms with E-state index >= 15 is 0 Å². The molecule has 0 aliphatic carbocycles. The molecule has 0 aliphatic heterocycles. The summed E-state index contributed by atoms with van der Waals surface area (Å²) in [7, 11) is 0. The molecule has 0 saturated carbocycles. The molecular formula is C20H31N3O6. The molecular weight excluding hydrogens is 378 g/mol. The van der Waals surface area contributed by atoms with E-state index in [-0.39, 0.29) is 6.54 Å². The van der Waals surface area contributed by atoms with E-state index in [1.165, 1.54) is 0 Å². The summed E-state index contributed by atoms with van der Waals surface area (Å²) < 4.78 is 5.14. The number of benzene rings is 1. The highest BCUT2D eigenvalue weighted by molar-refractivity contribution is 5.81. The van der Waals surface area contributed by atoms with Crippen molar-refractivity contribution in [3.05, 3.63) is 35.9 Å². The summed E-state index contributed by atoms with van der Waals surface area (Å²) in [5, 5.41) is 27.9. The summed E-state index contributed by atoms with van der Waals surface area (Å²) in [5.41, 5.74) is -0.0695. The zero-order chi connectivity index (χ0) is 22.0. The van der Waals surface area contributed by atoms with Gasteiger partial charge in [0.15, 0.2) is 0 Å². The van der Waals surface area contributed by atoms with Crippen LogP contribution in [0.4, 0.5) is 4.79 Å². The molecule has 0 radical (unpaired) electrons. The van der Waals surface area contributed by atoms with Crippen molar-refractivity contribution >= 4 is 18.3 Å². The number of ether oxygens (including phenoxy) is 1. The van der Waals surface area contributed by atoms with Crippen LogP contribution in [0.15, 0.2) is 30.3 Å². The number of nitrogens with one attached hydrogen (secondary N) is 3. The van der Waals surface area contributed by atoms with Gasteiger partial charge in [0, 0.05) is 0 Å². The highest BCUT2D eigenvalue weighted by Gasteiger charge is 2.28. The minimum absolute atomic E-state index is 0.326. The highest BCUT2D eigenvalue weighted by Crippen LogP contribution is 2.10. The van der Waals surface area contributed by atoms with Crippen molar-refractivity contribution in [2.24, 2.45) is 0 Å². The SMILES string of the molecule is CCC(NC(=O)OC(C)(C)C)C(O)[C@H](O)NCC(=O)N[C@H](C=O)c1ccccc1. The average molecular weight is 409 g/mol. The lowest BCUT2D eigenvalue weighted by atomic mass is 10.1. The topological polar surface area (TPSA) is 137 Å². The van der Waals surface area contributed by atoms with Gasteiger partial charge in [-0.15, -0.1) is 0 Å². The number of alkyl carbamates (subject to hydrolysis) is 1. The Kier molecular flexibility index (Phi) is 9.73. The van der Waals surface area contributed by atoms with Gasteiger partial charge in [-0.1, -0.05) is 37.3 Å². The van der Waals surface area contributed by atoms with Gasteiger partial charge in [0.1, 0.15) is 30.3 Å². The first-order valence-corrected chi connectivity index (χ1v) is 9.46.